The summed E-state index contributed by atoms with van der Waals surface area (Å²) in [6, 6.07) is 22.0. The number of hydrogen-bond donors (Lipinski definition) is 0. The van der Waals surface area contributed by atoms with Crippen molar-refractivity contribution < 1.29 is 4.79 Å². The molecule has 0 fully saturated rings. The fourth-order valence-corrected chi connectivity index (χ4v) is 5.09. The molecule has 0 spiro atoms. The minimum atomic E-state index is 0.0118. The summed E-state index contributed by atoms with van der Waals surface area (Å²) in [5.41, 5.74) is 3.64. The molecule has 6 rings (SSSR count). The van der Waals surface area contributed by atoms with Crippen LogP contribution in [-0.4, -0.2) is 41.7 Å². The van der Waals surface area contributed by atoms with E-state index in [0.717, 1.165) is 34.3 Å². The minimum Gasteiger partial charge on any atom is -0.333 e. The largest absolute Gasteiger partial charge is 0.333 e. The second kappa shape index (κ2) is 8.39. The first kappa shape index (κ1) is 20.6. The van der Waals surface area contributed by atoms with Gasteiger partial charge in [-0.1, -0.05) is 48.5 Å². The van der Waals surface area contributed by atoms with Crippen molar-refractivity contribution in [3.63, 3.8) is 0 Å². The topological polar surface area (TPSA) is 68.8 Å². The van der Waals surface area contributed by atoms with Gasteiger partial charge in [-0.3, -0.25) is 4.79 Å². The van der Waals surface area contributed by atoms with Gasteiger partial charge in [0.1, 0.15) is 11.5 Å². The molecule has 4 heterocycles. The van der Waals surface area contributed by atoms with Crippen molar-refractivity contribution in [1.82, 2.24) is 29.2 Å². The average molecular weight is 467 g/mol. The van der Waals surface area contributed by atoms with E-state index in [1.807, 2.05) is 83.4 Å². The number of thiophene rings is 1. The summed E-state index contributed by atoms with van der Waals surface area (Å²) < 4.78 is 4.07. The second-order valence-electron chi connectivity index (χ2n) is 8.30. The molecule has 0 radical (unpaired) electrons. The van der Waals surface area contributed by atoms with Gasteiger partial charge < -0.3 is 14.0 Å². The van der Waals surface area contributed by atoms with Gasteiger partial charge in [-0.05, 0) is 29.1 Å². The molecule has 0 aliphatic carbocycles. The summed E-state index contributed by atoms with van der Waals surface area (Å²) in [6.07, 6.45) is 1.98. The summed E-state index contributed by atoms with van der Waals surface area (Å²) in [5, 5.41) is 10.9. The maximum absolute atomic E-state index is 13.1. The first-order chi connectivity index (χ1) is 16.7. The fourth-order valence-electron chi connectivity index (χ4n) is 4.35. The fraction of sp³-hybridized carbons (Fsp3) is 0.154. The van der Waals surface area contributed by atoms with Crippen LogP contribution in [0.25, 0.3) is 33.3 Å². The van der Waals surface area contributed by atoms with Crippen LogP contribution in [0.4, 0.5) is 0 Å². The van der Waals surface area contributed by atoms with Gasteiger partial charge in [0.05, 0.1) is 6.54 Å². The molecule has 2 aromatic carbocycles. The van der Waals surface area contributed by atoms with E-state index in [2.05, 4.69) is 26.2 Å². The van der Waals surface area contributed by atoms with Crippen LogP contribution < -0.4 is 0 Å². The molecule has 7 nitrogen and oxygen atoms in total. The first-order valence-corrected chi connectivity index (χ1v) is 12.0. The van der Waals surface area contributed by atoms with E-state index < -0.39 is 0 Å². The van der Waals surface area contributed by atoms with Gasteiger partial charge >= 0.3 is 0 Å². The predicted octanol–water partition coefficient (Wildman–Crippen LogP) is 4.73. The molecule has 0 saturated carbocycles. The Balaban J connectivity index is 1.22. The third-order valence-corrected chi connectivity index (χ3v) is 7.03. The summed E-state index contributed by atoms with van der Waals surface area (Å²) >= 11 is 1.69. The van der Waals surface area contributed by atoms with E-state index in [0.29, 0.717) is 25.2 Å². The summed E-state index contributed by atoms with van der Waals surface area (Å²) in [6.45, 7) is 1.66. The maximum Gasteiger partial charge on any atom is 0.254 e. The summed E-state index contributed by atoms with van der Waals surface area (Å²) in [7, 11) is 1.98. The van der Waals surface area contributed by atoms with E-state index in [-0.39, 0.29) is 5.91 Å². The Hall–Kier alpha value is -4.04. The van der Waals surface area contributed by atoms with Crippen molar-refractivity contribution in [2.45, 2.75) is 13.1 Å². The highest BCUT2D eigenvalue weighted by Gasteiger charge is 2.27. The number of nitrogens with zero attached hydrogens (tertiary/aromatic N) is 6. The minimum absolute atomic E-state index is 0.0118. The van der Waals surface area contributed by atoms with Gasteiger partial charge in [0.2, 0.25) is 0 Å². The monoisotopic (exact) mass is 466 g/mol. The number of aromatic nitrogens is 5. The number of carbonyl (C=O) groups excluding carboxylic acids is 1. The average Bonchev–Trinajstić information content (AvgIpc) is 3.64. The molecule has 0 atom stereocenters. The zero-order chi connectivity index (χ0) is 23.1. The van der Waals surface area contributed by atoms with Gasteiger partial charge in [-0.2, -0.15) is 0 Å². The molecule has 34 heavy (non-hydrogen) atoms. The number of benzene rings is 2. The molecule has 5 aromatic rings. The van der Waals surface area contributed by atoms with E-state index in [1.165, 1.54) is 4.88 Å². The highest BCUT2D eigenvalue weighted by atomic mass is 32.1. The van der Waals surface area contributed by atoms with E-state index in [4.69, 9.17) is 4.98 Å². The highest BCUT2D eigenvalue weighted by Crippen LogP contribution is 2.27. The van der Waals surface area contributed by atoms with Crippen LogP contribution >= 0.6 is 11.3 Å². The number of fused-ring (bicyclic) bond motifs is 1. The molecule has 8 heteroatoms. The van der Waals surface area contributed by atoms with E-state index in [1.54, 1.807) is 11.3 Å². The standard InChI is InChI=1S/C26H22N6OS/c1-30-16-21(27-24(30)19-6-3-2-4-7-19)25-29-28-23-17-31(13-14-32(23)25)26(33)20-11-9-18(10-12-20)22-8-5-15-34-22/h2-12,15-16H,13-14,17H2,1H3. The number of rotatable bonds is 4. The lowest BCUT2D eigenvalue weighted by atomic mass is 10.1. The molecule has 0 N–H and O–H groups in total. The third-order valence-electron chi connectivity index (χ3n) is 6.12. The molecule has 0 bridgehead atoms. The molecule has 1 amide bonds. The van der Waals surface area contributed by atoms with E-state index >= 15 is 0 Å². The summed E-state index contributed by atoms with van der Waals surface area (Å²) in [5.74, 6) is 2.40. The Morgan fingerprint density at radius 1 is 0.882 bits per heavy atom. The molecule has 0 saturated heterocycles. The quantitative estimate of drug-likeness (QED) is 0.384. The van der Waals surface area contributed by atoms with Crippen molar-refractivity contribution in [2.75, 3.05) is 6.54 Å². The molecule has 1 aliphatic rings. The summed E-state index contributed by atoms with van der Waals surface area (Å²) in [4.78, 5) is 21.0. The van der Waals surface area contributed by atoms with Crippen molar-refractivity contribution in [3.8, 4) is 33.3 Å². The first-order valence-electron chi connectivity index (χ1n) is 11.1. The van der Waals surface area contributed by atoms with Crippen molar-refractivity contribution in [2.24, 2.45) is 7.05 Å². The van der Waals surface area contributed by atoms with Gasteiger partial charge in [0, 0.05) is 42.3 Å². The Morgan fingerprint density at radius 2 is 1.71 bits per heavy atom. The van der Waals surface area contributed by atoms with Crippen LogP contribution in [0, 0.1) is 0 Å². The zero-order valence-corrected chi connectivity index (χ0v) is 19.4. The predicted molar refractivity (Wildman–Crippen MR) is 132 cm³/mol. The van der Waals surface area contributed by atoms with Gasteiger partial charge in [-0.25, -0.2) is 4.98 Å². The number of aryl methyl sites for hydroxylation is 1. The van der Waals surface area contributed by atoms with Crippen LogP contribution in [-0.2, 0) is 20.1 Å². The normalized spacial score (nSPS) is 13.1. The molecule has 0 unspecified atom stereocenters. The highest BCUT2D eigenvalue weighted by molar-refractivity contribution is 7.13. The number of hydrogen-bond acceptors (Lipinski definition) is 5. The Morgan fingerprint density at radius 3 is 2.47 bits per heavy atom. The molecule has 168 valence electrons. The van der Waals surface area contributed by atoms with Crippen LogP contribution in [0.15, 0.2) is 78.3 Å². The van der Waals surface area contributed by atoms with Crippen molar-refractivity contribution in [3.05, 3.63) is 89.7 Å². The molecular formula is C26H22N6OS. The number of amides is 1. The Bertz CT molecular complexity index is 1450. The van der Waals surface area contributed by atoms with Crippen LogP contribution in [0.5, 0.6) is 0 Å². The second-order valence-corrected chi connectivity index (χ2v) is 9.25. The lowest BCUT2D eigenvalue weighted by molar-refractivity contribution is 0.0708. The van der Waals surface area contributed by atoms with Crippen molar-refractivity contribution in [1.29, 1.82) is 0 Å². The maximum atomic E-state index is 13.1. The molecule has 3 aromatic heterocycles. The molecular weight excluding hydrogens is 444 g/mol. The van der Waals surface area contributed by atoms with Gasteiger partial charge in [-0.15, -0.1) is 21.5 Å². The SMILES string of the molecule is Cn1cc(-c2nnc3n2CCN(C(=O)c2ccc(-c4cccs4)cc2)C3)nc1-c1ccccc1. The molecule has 1 aliphatic heterocycles. The van der Waals surface area contributed by atoms with Crippen LogP contribution in [0.2, 0.25) is 0 Å². The van der Waals surface area contributed by atoms with Crippen LogP contribution in [0.3, 0.4) is 0 Å². The van der Waals surface area contributed by atoms with E-state index in [9.17, 15) is 4.79 Å². The lowest BCUT2D eigenvalue weighted by Crippen LogP contribution is -2.38. The number of carbonyl (C=O) groups is 1. The van der Waals surface area contributed by atoms with Crippen LogP contribution in [0.1, 0.15) is 16.2 Å². The Kier molecular flexibility index (Phi) is 5.07. The van der Waals surface area contributed by atoms with Crippen molar-refractivity contribution >= 4 is 17.2 Å². The smallest absolute Gasteiger partial charge is 0.254 e. The third kappa shape index (κ3) is 3.62. The number of imidazole rings is 1. The Labute approximate surface area is 201 Å². The lowest BCUT2D eigenvalue weighted by Gasteiger charge is -2.27. The zero-order valence-electron chi connectivity index (χ0n) is 18.6. The van der Waals surface area contributed by atoms with Gasteiger partial charge in [0.25, 0.3) is 5.91 Å². The van der Waals surface area contributed by atoms with Gasteiger partial charge in [0.15, 0.2) is 11.6 Å².